The number of carbonyl (C=O) groups excluding carboxylic acids is 1. The minimum Gasteiger partial charge on any atom is -0.495 e. The highest BCUT2D eigenvalue weighted by Crippen LogP contribution is 2.21. The highest BCUT2D eigenvalue weighted by molar-refractivity contribution is 5.76. The number of nitrogens with two attached hydrogens (primary N) is 1. The van der Waals surface area contributed by atoms with Crippen molar-refractivity contribution in [3.8, 4) is 5.75 Å². The Morgan fingerprint density at radius 3 is 2.71 bits per heavy atom. The molecule has 4 nitrogen and oxygen atoms in total. The lowest BCUT2D eigenvalue weighted by atomic mass is 10.1. The van der Waals surface area contributed by atoms with Crippen molar-refractivity contribution < 1.29 is 9.53 Å². The molecule has 0 saturated carbocycles. The van der Waals surface area contributed by atoms with Crippen LogP contribution in [0.4, 0.5) is 5.69 Å². The summed E-state index contributed by atoms with van der Waals surface area (Å²) in [6, 6.07) is 5.51. The van der Waals surface area contributed by atoms with E-state index in [1.54, 1.807) is 13.2 Å². The lowest BCUT2D eigenvalue weighted by Crippen LogP contribution is -2.23. The van der Waals surface area contributed by atoms with Crippen LogP contribution in [0.3, 0.4) is 0 Å². The van der Waals surface area contributed by atoms with Crippen LogP contribution in [0.5, 0.6) is 5.75 Å². The molecule has 0 aromatic heterocycles. The van der Waals surface area contributed by atoms with Gasteiger partial charge in [-0.3, -0.25) is 4.79 Å². The molecule has 94 valence electrons. The van der Waals surface area contributed by atoms with E-state index in [0.717, 1.165) is 5.56 Å². The molecule has 0 unspecified atom stereocenters. The van der Waals surface area contributed by atoms with Crippen LogP contribution in [-0.4, -0.2) is 13.0 Å². The predicted molar refractivity (Wildman–Crippen MR) is 68.7 cm³/mol. The number of amides is 1. The van der Waals surface area contributed by atoms with Crippen molar-refractivity contribution in [1.82, 2.24) is 5.32 Å². The number of hydrogen-bond acceptors (Lipinski definition) is 3. The normalized spacial score (nSPS) is 10.4. The summed E-state index contributed by atoms with van der Waals surface area (Å²) in [5.74, 6) is 1.09. The molecule has 0 saturated heterocycles. The second kappa shape index (κ2) is 6.13. The quantitative estimate of drug-likeness (QED) is 0.768. The van der Waals surface area contributed by atoms with Gasteiger partial charge in [0.2, 0.25) is 5.91 Å². The van der Waals surface area contributed by atoms with Crippen LogP contribution in [0, 0.1) is 5.92 Å². The molecular weight excluding hydrogens is 216 g/mol. The van der Waals surface area contributed by atoms with Crippen LogP contribution in [0.15, 0.2) is 18.2 Å². The van der Waals surface area contributed by atoms with E-state index >= 15 is 0 Å². The second-order valence-corrected chi connectivity index (χ2v) is 4.45. The van der Waals surface area contributed by atoms with E-state index in [1.807, 2.05) is 26.0 Å². The molecule has 0 bridgehead atoms. The van der Waals surface area contributed by atoms with E-state index in [9.17, 15) is 4.79 Å². The molecule has 17 heavy (non-hydrogen) atoms. The van der Waals surface area contributed by atoms with Gasteiger partial charge in [-0.15, -0.1) is 0 Å². The molecule has 3 N–H and O–H groups in total. The second-order valence-electron chi connectivity index (χ2n) is 4.45. The van der Waals surface area contributed by atoms with E-state index in [-0.39, 0.29) is 5.91 Å². The van der Waals surface area contributed by atoms with Gasteiger partial charge >= 0.3 is 0 Å². The number of hydrogen-bond donors (Lipinski definition) is 2. The summed E-state index contributed by atoms with van der Waals surface area (Å²) in [6.07, 6.45) is 0.547. The largest absolute Gasteiger partial charge is 0.495 e. The first-order valence-corrected chi connectivity index (χ1v) is 5.72. The SMILES string of the molecule is COc1ccc(CNC(=O)CC(C)C)cc1N. The zero-order chi connectivity index (χ0) is 12.8. The first-order chi connectivity index (χ1) is 8.02. The number of rotatable bonds is 5. The summed E-state index contributed by atoms with van der Waals surface area (Å²) in [5, 5.41) is 2.86. The standard InChI is InChI=1S/C13H20N2O2/c1-9(2)6-13(16)15-8-10-4-5-12(17-3)11(14)7-10/h4-5,7,9H,6,8,14H2,1-3H3,(H,15,16). The summed E-state index contributed by atoms with van der Waals surface area (Å²) in [5.41, 5.74) is 7.34. The van der Waals surface area contributed by atoms with Crippen LogP contribution >= 0.6 is 0 Å². The van der Waals surface area contributed by atoms with Crippen molar-refractivity contribution in [2.75, 3.05) is 12.8 Å². The van der Waals surface area contributed by atoms with E-state index in [2.05, 4.69) is 5.32 Å². The van der Waals surface area contributed by atoms with Gasteiger partial charge in [0.25, 0.3) is 0 Å². The van der Waals surface area contributed by atoms with Crippen molar-refractivity contribution >= 4 is 11.6 Å². The van der Waals surface area contributed by atoms with Gasteiger partial charge < -0.3 is 15.8 Å². The van der Waals surface area contributed by atoms with Crippen molar-refractivity contribution in [3.63, 3.8) is 0 Å². The topological polar surface area (TPSA) is 64.3 Å². The molecule has 0 fully saturated rings. The molecule has 0 heterocycles. The summed E-state index contributed by atoms with van der Waals surface area (Å²) >= 11 is 0. The Morgan fingerprint density at radius 2 is 2.18 bits per heavy atom. The predicted octanol–water partition coefficient (Wildman–Crippen LogP) is 1.94. The van der Waals surface area contributed by atoms with Gasteiger partial charge in [-0.1, -0.05) is 19.9 Å². The van der Waals surface area contributed by atoms with Gasteiger partial charge in [0.05, 0.1) is 12.8 Å². The van der Waals surface area contributed by atoms with Crippen molar-refractivity contribution in [1.29, 1.82) is 0 Å². The Balaban J connectivity index is 2.52. The third-order valence-electron chi connectivity index (χ3n) is 2.38. The lowest BCUT2D eigenvalue weighted by Gasteiger charge is -2.09. The molecule has 1 amide bonds. The molecule has 0 spiro atoms. The van der Waals surface area contributed by atoms with E-state index in [1.165, 1.54) is 0 Å². The smallest absolute Gasteiger partial charge is 0.220 e. The summed E-state index contributed by atoms with van der Waals surface area (Å²) in [6.45, 7) is 4.54. The van der Waals surface area contributed by atoms with Gasteiger partial charge in [-0.2, -0.15) is 0 Å². The molecule has 0 atom stereocenters. The lowest BCUT2D eigenvalue weighted by molar-refractivity contribution is -0.121. The van der Waals surface area contributed by atoms with Gasteiger partial charge in [0, 0.05) is 13.0 Å². The molecule has 1 aromatic rings. The van der Waals surface area contributed by atoms with Gasteiger partial charge in [-0.25, -0.2) is 0 Å². The Bertz CT molecular complexity index is 389. The van der Waals surface area contributed by atoms with E-state index in [0.29, 0.717) is 30.3 Å². The highest BCUT2D eigenvalue weighted by Gasteiger charge is 2.05. The van der Waals surface area contributed by atoms with Gasteiger partial charge in [0.15, 0.2) is 0 Å². The Hall–Kier alpha value is -1.71. The Morgan fingerprint density at radius 1 is 1.47 bits per heavy atom. The minimum absolute atomic E-state index is 0.0642. The highest BCUT2D eigenvalue weighted by atomic mass is 16.5. The van der Waals surface area contributed by atoms with Crippen LogP contribution in [0.2, 0.25) is 0 Å². The molecule has 0 aliphatic rings. The summed E-state index contributed by atoms with van der Waals surface area (Å²) in [7, 11) is 1.58. The first-order valence-electron chi connectivity index (χ1n) is 5.72. The average molecular weight is 236 g/mol. The number of carbonyl (C=O) groups is 1. The number of nitrogens with one attached hydrogen (secondary N) is 1. The molecule has 0 radical (unpaired) electrons. The maximum Gasteiger partial charge on any atom is 0.220 e. The molecule has 0 aliphatic carbocycles. The fraction of sp³-hybridized carbons (Fsp3) is 0.462. The van der Waals surface area contributed by atoms with Crippen LogP contribution in [-0.2, 0) is 11.3 Å². The summed E-state index contributed by atoms with van der Waals surface area (Å²) in [4.78, 5) is 11.5. The van der Waals surface area contributed by atoms with Crippen molar-refractivity contribution in [2.24, 2.45) is 5.92 Å². The van der Waals surface area contributed by atoms with Gasteiger partial charge in [-0.05, 0) is 23.6 Å². The van der Waals surface area contributed by atoms with E-state index in [4.69, 9.17) is 10.5 Å². The molecule has 0 aliphatic heterocycles. The number of benzene rings is 1. The number of nitrogen functional groups attached to an aromatic ring is 1. The van der Waals surface area contributed by atoms with E-state index < -0.39 is 0 Å². The monoisotopic (exact) mass is 236 g/mol. The number of anilines is 1. The van der Waals surface area contributed by atoms with Crippen LogP contribution in [0.25, 0.3) is 0 Å². The zero-order valence-corrected chi connectivity index (χ0v) is 10.6. The Labute approximate surface area is 102 Å². The maximum atomic E-state index is 11.5. The maximum absolute atomic E-state index is 11.5. The third kappa shape index (κ3) is 4.34. The fourth-order valence-corrected chi connectivity index (χ4v) is 1.54. The van der Waals surface area contributed by atoms with Crippen LogP contribution in [0.1, 0.15) is 25.8 Å². The summed E-state index contributed by atoms with van der Waals surface area (Å²) < 4.78 is 5.07. The average Bonchev–Trinajstić information content (AvgIpc) is 2.25. The third-order valence-corrected chi connectivity index (χ3v) is 2.38. The van der Waals surface area contributed by atoms with Crippen molar-refractivity contribution in [2.45, 2.75) is 26.8 Å². The molecule has 4 heteroatoms. The van der Waals surface area contributed by atoms with Gasteiger partial charge in [0.1, 0.15) is 5.75 Å². The van der Waals surface area contributed by atoms with Crippen LogP contribution < -0.4 is 15.8 Å². The molecular formula is C13H20N2O2. The number of ether oxygens (including phenoxy) is 1. The number of methoxy groups -OCH3 is 1. The zero-order valence-electron chi connectivity index (χ0n) is 10.6. The van der Waals surface area contributed by atoms with Crippen molar-refractivity contribution in [3.05, 3.63) is 23.8 Å². The Kier molecular flexibility index (Phi) is 4.82. The first kappa shape index (κ1) is 13.4. The fourth-order valence-electron chi connectivity index (χ4n) is 1.54. The molecule has 1 aromatic carbocycles. The molecule has 1 rings (SSSR count). The minimum atomic E-state index is 0.0642.